The minimum absolute atomic E-state index is 0.0474. The molecule has 1 N–H and O–H groups in total. The fourth-order valence-corrected chi connectivity index (χ4v) is 5.77. The lowest BCUT2D eigenvalue weighted by Gasteiger charge is -2.31. The molecular formula is C24H26N2O3S. The van der Waals surface area contributed by atoms with Gasteiger partial charge in [-0.15, -0.1) is 0 Å². The molecular weight excluding hydrogens is 396 g/mol. The summed E-state index contributed by atoms with van der Waals surface area (Å²) in [6, 6.07) is 19.3. The van der Waals surface area contributed by atoms with E-state index in [-0.39, 0.29) is 11.8 Å². The van der Waals surface area contributed by atoms with Crippen molar-refractivity contribution in [1.82, 2.24) is 4.31 Å². The summed E-state index contributed by atoms with van der Waals surface area (Å²) in [7, 11) is -3.54. The number of carbonyl (C=O) groups is 1. The Kier molecular flexibility index (Phi) is 5.62. The van der Waals surface area contributed by atoms with Crippen molar-refractivity contribution in [3.63, 3.8) is 0 Å². The molecule has 0 bridgehead atoms. The van der Waals surface area contributed by atoms with E-state index in [0.717, 1.165) is 27.6 Å². The number of hydrogen-bond acceptors (Lipinski definition) is 3. The lowest BCUT2D eigenvalue weighted by Crippen LogP contribution is -2.41. The van der Waals surface area contributed by atoms with Crippen LogP contribution in [-0.2, 0) is 14.8 Å². The zero-order chi connectivity index (χ0) is 21.3. The molecule has 0 unspecified atom stereocenters. The molecule has 0 radical (unpaired) electrons. The highest BCUT2D eigenvalue weighted by molar-refractivity contribution is 7.89. The number of rotatable bonds is 4. The van der Waals surface area contributed by atoms with Crippen molar-refractivity contribution in [2.75, 3.05) is 18.4 Å². The molecule has 1 aliphatic heterocycles. The quantitative estimate of drug-likeness (QED) is 0.673. The van der Waals surface area contributed by atoms with E-state index in [1.165, 1.54) is 4.31 Å². The minimum Gasteiger partial charge on any atom is -0.326 e. The molecule has 1 heterocycles. The summed E-state index contributed by atoms with van der Waals surface area (Å²) in [5.41, 5.74) is 2.56. The summed E-state index contributed by atoms with van der Waals surface area (Å²) >= 11 is 0. The van der Waals surface area contributed by atoms with Crippen LogP contribution in [0.25, 0.3) is 10.8 Å². The van der Waals surface area contributed by atoms with Gasteiger partial charge in [-0.05, 0) is 61.2 Å². The molecule has 1 fully saturated rings. The van der Waals surface area contributed by atoms with Crippen molar-refractivity contribution >= 4 is 32.4 Å². The van der Waals surface area contributed by atoms with Crippen molar-refractivity contribution in [1.29, 1.82) is 0 Å². The molecule has 0 spiro atoms. The van der Waals surface area contributed by atoms with Crippen LogP contribution in [0.2, 0.25) is 0 Å². The molecule has 5 nitrogen and oxygen atoms in total. The molecule has 4 rings (SSSR count). The van der Waals surface area contributed by atoms with Gasteiger partial charge >= 0.3 is 0 Å². The number of piperidine rings is 1. The monoisotopic (exact) mass is 422 g/mol. The average molecular weight is 423 g/mol. The Morgan fingerprint density at radius 1 is 0.933 bits per heavy atom. The van der Waals surface area contributed by atoms with E-state index in [2.05, 4.69) is 5.32 Å². The van der Waals surface area contributed by atoms with Gasteiger partial charge in [-0.25, -0.2) is 8.42 Å². The van der Waals surface area contributed by atoms with Crippen LogP contribution in [0.5, 0.6) is 0 Å². The molecule has 30 heavy (non-hydrogen) atoms. The second kappa shape index (κ2) is 8.20. The topological polar surface area (TPSA) is 66.5 Å². The summed E-state index contributed by atoms with van der Waals surface area (Å²) < 4.78 is 27.6. The van der Waals surface area contributed by atoms with Gasteiger partial charge in [0.2, 0.25) is 15.9 Å². The third-order valence-corrected chi connectivity index (χ3v) is 7.85. The number of aryl methyl sites for hydroxylation is 2. The lowest BCUT2D eigenvalue weighted by atomic mass is 9.97. The number of nitrogens with one attached hydrogen (secondary N) is 1. The van der Waals surface area contributed by atoms with Crippen LogP contribution in [0, 0.1) is 19.8 Å². The summed E-state index contributed by atoms with van der Waals surface area (Å²) in [6.07, 6.45) is 1.03. The van der Waals surface area contributed by atoms with E-state index in [0.29, 0.717) is 30.8 Å². The van der Waals surface area contributed by atoms with Crippen LogP contribution in [0.15, 0.2) is 65.6 Å². The van der Waals surface area contributed by atoms with Crippen LogP contribution in [0.3, 0.4) is 0 Å². The van der Waals surface area contributed by atoms with Gasteiger partial charge in [-0.3, -0.25) is 4.79 Å². The zero-order valence-corrected chi connectivity index (χ0v) is 18.1. The van der Waals surface area contributed by atoms with Crippen molar-refractivity contribution in [3.05, 3.63) is 71.8 Å². The number of sulfonamides is 1. The zero-order valence-electron chi connectivity index (χ0n) is 17.3. The second-order valence-electron chi connectivity index (χ2n) is 8.00. The standard InChI is InChI=1S/C24H26N2O3S/c1-17-7-10-23(18(2)15-17)30(28,29)26-13-11-20(12-14-26)24(27)25-22-9-8-19-5-3-4-6-21(19)16-22/h3-10,15-16,20H,11-14H2,1-2H3,(H,25,27). The normalized spacial score (nSPS) is 15.9. The molecule has 0 aromatic heterocycles. The maximum atomic E-state index is 13.0. The van der Waals surface area contributed by atoms with Crippen LogP contribution in [-0.4, -0.2) is 31.7 Å². The first-order valence-electron chi connectivity index (χ1n) is 10.2. The third kappa shape index (κ3) is 4.11. The molecule has 0 aliphatic carbocycles. The van der Waals surface area contributed by atoms with E-state index < -0.39 is 10.0 Å². The molecule has 1 amide bonds. The van der Waals surface area contributed by atoms with Crippen molar-refractivity contribution < 1.29 is 13.2 Å². The van der Waals surface area contributed by atoms with E-state index >= 15 is 0 Å². The number of hydrogen-bond donors (Lipinski definition) is 1. The Morgan fingerprint density at radius 3 is 2.33 bits per heavy atom. The van der Waals surface area contributed by atoms with Crippen molar-refractivity contribution in [3.8, 4) is 0 Å². The van der Waals surface area contributed by atoms with Crippen LogP contribution in [0.1, 0.15) is 24.0 Å². The maximum absolute atomic E-state index is 13.0. The van der Waals surface area contributed by atoms with Gasteiger partial charge in [0.15, 0.2) is 0 Å². The average Bonchev–Trinajstić information content (AvgIpc) is 2.73. The summed E-state index contributed by atoms with van der Waals surface area (Å²) in [6.45, 7) is 4.48. The van der Waals surface area contributed by atoms with Crippen LogP contribution in [0.4, 0.5) is 5.69 Å². The van der Waals surface area contributed by atoms with Gasteiger partial charge in [0.25, 0.3) is 0 Å². The smallest absolute Gasteiger partial charge is 0.243 e. The third-order valence-electron chi connectivity index (χ3n) is 5.79. The maximum Gasteiger partial charge on any atom is 0.243 e. The fourth-order valence-electron chi connectivity index (χ4n) is 4.10. The lowest BCUT2D eigenvalue weighted by molar-refractivity contribution is -0.120. The number of fused-ring (bicyclic) bond motifs is 1. The van der Waals surface area contributed by atoms with E-state index in [4.69, 9.17) is 0 Å². The predicted molar refractivity (Wildman–Crippen MR) is 120 cm³/mol. The van der Waals surface area contributed by atoms with Gasteiger partial charge in [-0.1, -0.05) is 48.0 Å². The number of amides is 1. The fraction of sp³-hybridized carbons (Fsp3) is 0.292. The largest absolute Gasteiger partial charge is 0.326 e. The number of carbonyl (C=O) groups excluding carboxylic acids is 1. The Morgan fingerprint density at radius 2 is 1.63 bits per heavy atom. The summed E-state index contributed by atoms with van der Waals surface area (Å²) in [4.78, 5) is 13.1. The molecule has 6 heteroatoms. The highest BCUT2D eigenvalue weighted by Gasteiger charge is 2.32. The van der Waals surface area contributed by atoms with E-state index in [1.54, 1.807) is 6.07 Å². The summed E-state index contributed by atoms with van der Waals surface area (Å²) in [5, 5.41) is 5.20. The van der Waals surface area contributed by atoms with Crippen LogP contribution >= 0.6 is 0 Å². The predicted octanol–water partition coefficient (Wildman–Crippen LogP) is 4.50. The Labute approximate surface area is 177 Å². The molecule has 0 saturated carbocycles. The van der Waals surface area contributed by atoms with Gasteiger partial charge in [-0.2, -0.15) is 4.31 Å². The van der Waals surface area contributed by atoms with Gasteiger partial charge in [0.05, 0.1) is 4.90 Å². The first-order valence-corrected chi connectivity index (χ1v) is 11.7. The minimum atomic E-state index is -3.54. The van der Waals surface area contributed by atoms with Gasteiger partial charge in [0.1, 0.15) is 0 Å². The SMILES string of the molecule is Cc1ccc(S(=O)(=O)N2CCC(C(=O)Nc3ccc4ccccc4c3)CC2)c(C)c1. The number of nitrogens with zero attached hydrogens (tertiary/aromatic N) is 1. The highest BCUT2D eigenvalue weighted by Crippen LogP contribution is 2.27. The van der Waals surface area contributed by atoms with E-state index in [9.17, 15) is 13.2 Å². The Balaban J connectivity index is 1.41. The molecule has 156 valence electrons. The van der Waals surface area contributed by atoms with Crippen molar-refractivity contribution in [2.24, 2.45) is 5.92 Å². The van der Waals surface area contributed by atoms with Crippen LogP contribution < -0.4 is 5.32 Å². The van der Waals surface area contributed by atoms with E-state index in [1.807, 2.05) is 68.4 Å². The molecule has 1 saturated heterocycles. The molecule has 3 aromatic carbocycles. The first kappa shape index (κ1) is 20.6. The number of anilines is 1. The van der Waals surface area contributed by atoms with Crippen molar-refractivity contribution in [2.45, 2.75) is 31.6 Å². The number of benzene rings is 3. The summed E-state index contributed by atoms with van der Waals surface area (Å²) in [5.74, 6) is -0.240. The molecule has 1 aliphatic rings. The van der Waals surface area contributed by atoms with Gasteiger partial charge in [0, 0.05) is 24.7 Å². The second-order valence-corrected chi connectivity index (χ2v) is 9.90. The van der Waals surface area contributed by atoms with Gasteiger partial charge < -0.3 is 5.32 Å². The highest BCUT2D eigenvalue weighted by atomic mass is 32.2. The first-order chi connectivity index (χ1) is 14.3. The Hall–Kier alpha value is -2.70. The molecule has 3 aromatic rings. The molecule has 0 atom stereocenters. The Bertz CT molecular complexity index is 1200.